The Morgan fingerprint density at radius 3 is 1.72 bits per heavy atom. The second kappa shape index (κ2) is 11.7. The summed E-state index contributed by atoms with van der Waals surface area (Å²) in [6, 6.07) is 68.7. The Hall–Kier alpha value is -6.22. The van der Waals surface area contributed by atoms with E-state index in [0.717, 1.165) is 11.4 Å². The van der Waals surface area contributed by atoms with E-state index in [9.17, 15) is 0 Å². The molecule has 0 saturated heterocycles. The molecule has 0 saturated carbocycles. The lowest BCUT2D eigenvalue weighted by Crippen LogP contribution is -2.10. The molecule has 0 fully saturated rings. The molecule has 1 heterocycles. The molecule has 0 amide bonds. The standard InChI is InChI=1S/C48H31NS/c1-2-11-32(12-3-1)33-21-26-37(27-22-33)49(44-18-10-20-46-48(44)42-17-8-9-19-45(42)50-46)38-28-23-35(24-29-38)43-31-36-14-5-6-15-39(36)41-30-25-34-13-4-7-16-40(34)47(41)43/h1-31H. The third-order valence-corrected chi connectivity index (χ3v) is 11.2. The van der Waals surface area contributed by atoms with Crippen LogP contribution in [0, 0.1) is 0 Å². The van der Waals surface area contributed by atoms with Gasteiger partial charge in [-0.2, -0.15) is 0 Å². The minimum Gasteiger partial charge on any atom is -0.310 e. The van der Waals surface area contributed by atoms with Crippen LogP contribution in [-0.4, -0.2) is 0 Å². The Kier molecular flexibility index (Phi) is 6.75. The number of benzene rings is 9. The second-order valence-corrected chi connectivity index (χ2v) is 14.0. The normalized spacial score (nSPS) is 11.6. The fourth-order valence-electron chi connectivity index (χ4n) is 7.70. The number of anilines is 3. The first-order valence-corrected chi connectivity index (χ1v) is 17.9. The van der Waals surface area contributed by atoms with Crippen molar-refractivity contribution in [2.24, 2.45) is 0 Å². The Labute approximate surface area is 294 Å². The van der Waals surface area contributed by atoms with Crippen molar-refractivity contribution in [2.75, 3.05) is 4.90 Å². The van der Waals surface area contributed by atoms with E-state index in [1.807, 2.05) is 11.3 Å². The van der Waals surface area contributed by atoms with Gasteiger partial charge < -0.3 is 4.90 Å². The van der Waals surface area contributed by atoms with E-state index < -0.39 is 0 Å². The van der Waals surface area contributed by atoms with Gasteiger partial charge in [0.15, 0.2) is 0 Å². The Morgan fingerprint density at radius 1 is 0.340 bits per heavy atom. The lowest BCUT2D eigenvalue weighted by molar-refractivity contribution is 1.30. The molecule has 0 bridgehead atoms. The first-order chi connectivity index (χ1) is 24.8. The number of hydrogen-bond acceptors (Lipinski definition) is 2. The molecule has 0 spiro atoms. The minimum atomic E-state index is 1.12. The van der Waals surface area contributed by atoms with Crippen LogP contribution in [0.1, 0.15) is 0 Å². The highest BCUT2D eigenvalue weighted by atomic mass is 32.1. The molecule has 0 atom stereocenters. The van der Waals surface area contributed by atoms with Crippen molar-refractivity contribution >= 4 is 80.9 Å². The number of thiophene rings is 1. The first kappa shape index (κ1) is 28.8. The molecule has 0 N–H and O–H groups in total. The summed E-state index contributed by atoms with van der Waals surface area (Å²) in [6.07, 6.45) is 0. The van der Waals surface area contributed by atoms with Crippen LogP contribution >= 0.6 is 11.3 Å². The van der Waals surface area contributed by atoms with E-state index in [4.69, 9.17) is 0 Å². The summed E-state index contributed by atoms with van der Waals surface area (Å²) in [4.78, 5) is 2.42. The van der Waals surface area contributed by atoms with Crippen molar-refractivity contribution in [1.29, 1.82) is 0 Å². The number of fused-ring (bicyclic) bond motifs is 8. The predicted octanol–water partition coefficient (Wildman–Crippen LogP) is 14.3. The number of nitrogens with zero attached hydrogens (tertiary/aromatic N) is 1. The highest BCUT2D eigenvalue weighted by Crippen LogP contribution is 2.46. The molecule has 10 aromatic rings. The van der Waals surface area contributed by atoms with Crippen LogP contribution in [0.4, 0.5) is 17.1 Å². The lowest BCUT2D eigenvalue weighted by Gasteiger charge is -2.27. The largest absolute Gasteiger partial charge is 0.310 e. The molecule has 10 rings (SSSR count). The molecule has 50 heavy (non-hydrogen) atoms. The van der Waals surface area contributed by atoms with Gasteiger partial charge in [0.05, 0.1) is 5.69 Å². The fraction of sp³-hybridized carbons (Fsp3) is 0. The molecule has 0 radical (unpaired) electrons. The van der Waals surface area contributed by atoms with Crippen molar-refractivity contribution < 1.29 is 0 Å². The zero-order chi connectivity index (χ0) is 33.0. The monoisotopic (exact) mass is 653 g/mol. The summed E-state index contributed by atoms with van der Waals surface area (Å²) in [5, 5.41) is 10.3. The molecule has 0 aliphatic rings. The van der Waals surface area contributed by atoms with Crippen LogP contribution in [0.25, 0.3) is 74.7 Å². The highest BCUT2D eigenvalue weighted by Gasteiger charge is 2.19. The molecule has 1 aromatic heterocycles. The molecule has 0 unspecified atom stereocenters. The Balaban J connectivity index is 1.17. The number of rotatable bonds is 5. The molecule has 1 nitrogen and oxygen atoms in total. The average molecular weight is 654 g/mol. The minimum absolute atomic E-state index is 1.12. The van der Waals surface area contributed by atoms with Gasteiger partial charge in [-0.15, -0.1) is 11.3 Å². The fourth-order valence-corrected chi connectivity index (χ4v) is 8.83. The van der Waals surface area contributed by atoms with E-state index in [-0.39, 0.29) is 0 Å². The molecular weight excluding hydrogens is 623 g/mol. The van der Waals surface area contributed by atoms with Crippen molar-refractivity contribution in [3.63, 3.8) is 0 Å². The zero-order valence-corrected chi connectivity index (χ0v) is 28.1. The maximum absolute atomic E-state index is 2.42. The van der Waals surface area contributed by atoms with Gasteiger partial charge in [-0.1, -0.05) is 140 Å². The second-order valence-electron chi connectivity index (χ2n) is 12.9. The Bertz CT molecular complexity index is 2850. The summed E-state index contributed by atoms with van der Waals surface area (Å²) >= 11 is 1.86. The third kappa shape index (κ3) is 4.69. The van der Waals surface area contributed by atoms with Crippen molar-refractivity contribution in [3.8, 4) is 22.3 Å². The van der Waals surface area contributed by atoms with Gasteiger partial charge in [-0.05, 0) is 103 Å². The SMILES string of the molecule is c1ccc(-c2ccc(N(c3ccc(-c4cc5ccccc5c5ccc6ccccc6c45)cc3)c3cccc4sc5ccccc5c34)cc2)cc1. The van der Waals surface area contributed by atoms with Crippen LogP contribution in [-0.2, 0) is 0 Å². The van der Waals surface area contributed by atoms with Gasteiger partial charge in [0.1, 0.15) is 0 Å². The topological polar surface area (TPSA) is 3.24 Å². The molecule has 0 aliphatic carbocycles. The maximum Gasteiger partial charge on any atom is 0.0554 e. The summed E-state index contributed by atoms with van der Waals surface area (Å²) < 4.78 is 2.60. The van der Waals surface area contributed by atoms with Gasteiger partial charge in [0, 0.05) is 31.5 Å². The van der Waals surface area contributed by atoms with Crippen LogP contribution < -0.4 is 4.90 Å². The van der Waals surface area contributed by atoms with Crippen molar-refractivity contribution in [2.45, 2.75) is 0 Å². The third-order valence-electron chi connectivity index (χ3n) is 10.0. The summed E-state index contributed by atoms with van der Waals surface area (Å²) in [5.74, 6) is 0. The van der Waals surface area contributed by atoms with E-state index >= 15 is 0 Å². The summed E-state index contributed by atoms with van der Waals surface area (Å²) in [7, 11) is 0. The van der Waals surface area contributed by atoms with E-state index in [1.54, 1.807) is 0 Å². The van der Waals surface area contributed by atoms with E-state index in [0.29, 0.717) is 0 Å². The molecule has 0 aliphatic heterocycles. The van der Waals surface area contributed by atoms with Gasteiger partial charge >= 0.3 is 0 Å². The summed E-state index contributed by atoms with van der Waals surface area (Å²) in [5.41, 5.74) is 8.32. The van der Waals surface area contributed by atoms with Gasteiger partial charge in [-0.25, -0.2) is 0 Å². The highest BCUT2D eigenvalue weighted by molar-refractivity contribution is 7.26. The molecule has 234 valence electrons. The lowest BCUT2D eigenvalue weighted by atomic mass is 9.90. The van der Waals surface area contributed by atoms with E-state index in [2.05, 4.69) is 193 Å². The Morgan fingerprint density at radius 2 is 0.940 bits per heavy atom. The quantitative estimate of drug-likeness (QED) is 0.167. The average Bonchev–Trinajstić information content (AvgIpc) is 3.58. The van der Waals surface area contributed by atoms with Crippen LogP contribution in [0.3, 0.4) is 0 Å². The van der Waals surface area contributed by atoms with Crippen LogP contribution in [0.5, 0.6) is 0 Å². The van der Waals surface area contributed by atoms with Crippen molar-refractivity contribution in [1.82, 2.24) is 0 Å². The molecule has 2 heteroatoms. The van der Waals surface area contributed by atoms with Gasteiger partial charge in [-0.3, -0.25) is 0 Å². The van der Waals surface area contributed by atoms with E-state index in [1.165, 1.54) is 80.4 Å². The smallest absolute Gasteiger partial charge is 0.0554 e. The number of hydrogen-bond donors (Lipinski definition) is 0. The van der Waals surface area contributed by atoms with Crippen LogP contribution in [0.15, 0.2) is 188 Å². The zero-order valence-electron chi connectivity index (χ0n) is 27.3. The maximum atomic E-state index is 2.42. The van der Waals surface area contributed by atoms with Crippen molar-refractivity contribution in [3.05, 3.63) is 188 Å². The first-order valence-electron chi connectivity index (χ1n) is 17.1. The predicted molar refractivity (Wildman–Crippen MR) is 217 cm³/mol. The summed E-state index contributed by atoms with van der Waals surface area (Å²) in [6.45, 7) is 0. The van der Waals surface area contributed by atoms with Gasteiger partial charge in [0.25, 0.3) is 0 Å². The van der Waals surface area contributed by atoms with Gasteiger partial charge in [0.2, 0.25) is 0 Å². The molecular formula is C48H31NS. The van der Waals surface area contributed by atoms with Crippen LogP contribution in [0.2, 0.25) is 0 Å². The molecule has 9 aromatic carbocycles.